The molecule has 1 N–H and O–H groups in total. The summed E-state index contributed by atoms with van der Waals surface area (Å²) in [7, 11) is 0. The van der Waals surface area contributed by atoms with Crippen LogP contribution in [0.2, 0.25) is 10.0 Å². The maximum Gasteiger partial charge on any atom is 0.243 e. The Bertz CT molecular complexity index is 921. The van der Waals surface area contributed by atoms with E-state index in [-0.39, 0.29) is 30.8 Å². The van der Waals surface area contributed by atoms with Crippen molar-refractivity contribution in [3.63, 3.8) is 0 Å². The normalized spacial score (nSPS) is 15.2. The lowest BCUT2D eigenvalue weighted by Crippen LogP contribution is -2.52. The topological polar surface area (TPSA) is 49.4 Å². The van der Waals surface area contributed by atoms with Gasteiger partial charge < -0.3 is 10.2 Å². The lowest BCUT2D eigenvalue weighted by atomic mass is 9.95. The number of benzene rings is 2. The Morgan fingerprint density at radius 3 is 2.34 bits per heavy atom. The second-order valence-corrected chi connectivity index (χ2v) is 9.47. The molecule has 1 atom stereocenters. The Hall–Kier alpha value is -2.04. The standard InChI is InChI=1S/C26H32Cl2N2O2/c1-3-24(26(32)29-20-11-5-4-6-12-20)30(17-21-22(27)13-8-14-23(21)28)25(31)16-19-10-7-9-18(2)15-19/h7-10,13-15,20,24H,3-6,11-12,16-17H2,1-2H3,(H,29,32). The lowest BCUT2D eigenvalue weighted by molar-refractivity contribution is -0.141. The molecule has 172 valence electrons. The van der Waals surface area contributed by atoms with Crippen LogP contribution in [0.25, 0.3) is 0 Å². The second-order valence-electron chi connectivity index (χ2n) is 8.66. The van der Waals surface area contributed by atoms with Crippen LogP contribution in [0, 0.1) is 6.92 Å². The van der Waals surface area contributed by atoms with Crippen molar-refractivity contribution < 1.29 is 9.59 Å². The summed E-state index contributed by atoms with van der Waals surface area (Å²) in [5.74, 6) is -0.211. The maximum atomic E-state index is 13.5. The Morgan fingerprint density at radius 1 is 1.06 bits per heavy atom. The molecule has 1 saturated carbocycles. The molecule has 1 fully saturated rings. The first kappa shape index (κ1) is 24.6. The van der Waals surface area contributed by atoms with Crippen LogP contribution >= 0.6 is 23.2 Å². The number of rotatable bonds is 8. The van der Waals surface area contributed by atoms with E-state index in [4.69, 9.17) is 23.2 Å². The summed E-state index contributed by atoms with van der Waals surface area (Å²) in [5, 5.41) is 4.18. The molecule has 0 aliphatic heterocycles. The van der Waals surface area contributed by atoms with Gasteiger partial charge in [-0.1, -0.05) is 85.3 Å². The molecule has 4 nitrogen and oxygen atoms in total. The average Bonchev–Trinajstić information content (AvgIpc) is 2.76. The van der Waals surface area contributed by atoms with E-state index in [0.29, 0.717) is 22.0 Å². The van der Waals surface area contributed by atoms with E-state index in [1.54, 1.807) is 23.1 Å². The van der Waals surface area contributed by atoms with E-state index < -0.39 is 6.04 Å². The molecular formula is C26H32Cl2N2O2. The fraction of sp³-hybridized carbons (Fsp3) is 0.462. The van der Waals surface area contributed by atoms with E-state index in [2.05, 4.69) is 5.32 Å². The van der Waals surface area contributed by atoms with Gasteiger partial charge in [-0.3, -0.25) is 9.59 Å². The van der Waals surface area contributed by atoms with Crippen LogP contribution < -0.4 is 5.32 Å². The van der Waals surface area contributed by atoms with E-state index in [9.17, 15) is 9.59 Å². The minimum absolute atomic E-state index is 0.0971. The zero-order valence-corrected chi connectivity index (χ0v) is 20.4. The third-order valence-corrected chi connectivity index (χ3v) is 6.87. The molecule has 0 saturated heterocycles. The predicted molar refractivity (Wildman–Crippen MR) is 131 cm³/mol. The molecule has 0 heterocycles. The molecule has 1 unspecified atom stereocenters. The van der Waals surface area contributed by atoms with Crippen molar-refractivity contribution in [1.82, 2.24) is 10.2 Å². The van der Waals surface area contributed by atoms with Gasteiger partial charge in [0.25, 0.3) is 0 Å². The number of halogens is 2. The summed E-state index contributed by atoms with van der Waals surface area (Å²) in [5.41, 5.74) is 2.68. The summed E-state index contributed by atoms with van der Waals surface area (Å²) in [6.45, 7) is 4.13. The minimum atomic E-state index is -0.582. The predicted octanol–water partition coefficient (Wildman–Crippen LogP) is 6.10. The number of hydrogen-bond acceptors (Lipinski definition) is 2. The highest BCUT2D eigenvalue weighted by Crippen LogP contribution is 2.27. The van der Waals surface area contributed by atoms with Crippen LogP contribution in [0.4, 0.5) is 0 Å². The third-order valence-electron chi connectivity index (χ3n) is 6.17. The number of nitrogens with zero attached hydrogens (tertiary/aromatic N) is 1. The summed E-state index contributed by atoms with van der Waals surface area (Å²) >= 11 is 12.8. The number of aryl methyl sites for hydroxylation is 1. The molecule has 1 aliphatic rings. The van der Waals surface area contributed by atoms with Crippen LogP contribution in [-0.4, -0.2) is 28.8 Å². The van der Waals surface area contributed by atoms with Gasteiger partial charge in [0, 0.05) is 28.2 Å². The van der Waals surface area contributed by atoms with Crippen LogP contribution in [0.5, 0.6) is 0 Å². The molecule has 3 rings (SSSR count). The van der Waals surface area contributed by atoms with Gasteiger partial charge in [0.15, 0.2) is 0 Å². The largest absolute Gasteiger partial charge is 0.352 e. The first-order chi connectivity index (χ1) is 15.4. The van der Waals surface area contributed by atoms with Crippen molar-refractivity contribution in [2.75, 3.05) is 0 Å². The van der Waals surface area contributed by atoms with Gasteiger partial charge in [-0.2, -0.15) is 0 Å². The highest BCUT2D eigenvalue weighted by atomic mass is 35.5. The summed E-state index contributed by atoms with van der Waals surface area (Å²) in [6, 6.07) is 12.8. The van der Waals surface area contributed by atoms with Gasteiger partial charge in [0.2, 0.25) is 11.8 Å². The molecule has 6 heteroatoms. The Balaban J connectivity index is 1.86. The molecule has 2 aromatic rings. The molecular weight excluding hydrogens is 443 g/mol. The second kappa shape index (κ2) is 11.7. The summed E-state index contributed by atoms with van der Waals surface area (Å²) in [4.78, 5) is 28.4. The quantitative estimate of drug-likeness (QED) is 0.502. The third kappa shape index (κ3) is 6.49. The zero-order valence-electron chi connectivity index (χ0n) is 18.9. The van der Waals surface area contributed by atoms with Crippen molar-refractivity contribution >= 4 is 35.0 Å². The van der Waals surface area contributed by atoms with Gasteiger partial charge in [-0.15, -0.1) is 0 Å². The number of carbonyl (C=O) groups excluding carboxylic acids is 2. The van der Waals surface area contributed by atoms with Gasteiger partial charge in [0.05, 0.1) is 6.42 Å². The highest BCUT2D eigenvalue weighted by Gasteiger charge is 2.31. The van der Waals surface area contributed by atoms with Crippen molar-refractivity contribution in [2.24, 2.45) is 0 Å². The number of amides is 2. The van der Waals surface area contributed by atoms with E-state index >= 15 is 0 Å². The van der Waals surface area contributed by atoms with Gasteiger partial charge in [-0.25, -0.2) is 0 Å². The number of nitrogens with one attached hydrogen (secondary N) is 1. The van der Waals surface area contributed by atoms with E-state index in [1.807, 2.05) is 38.1 Å². The Morgan fingerprint density at radius 2 is 1.72 bits per heavy atom. The van der Waals surface area contributed by atoms with Crippen LogP contribution in [-0.2, 0) is 22.6 Å². The van der Waals surface area contributed by atoms with Crippen molar-refractivity contribution in [3.05, 3.63) is 69.2 Å². The van der Waals surface area contributed by atoms with Gasteiger partial charge in [0.1, 0.15) is 6.04 Å². The van der Waals surface area contributed by atoms with Crippen LogP contribution in [0.3, 0.4) is 0 Å². The molecule has 2 aromatic carbocycles. The van der Waals surface area contributed by atoms with Crippen LogP contribution in [0.15, 0.2) is 42.5 Å². The average molecular weight is 475 g/mol. The molecule has 0 spiro atoms. The minimum Gasteiger partial charge on any atom is -0.352 e. The smallest absolute Gasteiger partial charge is 0.243 e. The first-order valence-electron chi connectivity index (χ1n) is 11.5. The van der Waals surface area contributed by atoms with Crippen molar-refractivity contribution in [2.45, 2.75) is 77.4 Å². The summed E-state index contributed by atoms with van der Waals surface area (Å²) < 4.78 is 0. The molecule has 1 aliphatic carbocycles. The monoisotopic (exact) mass is 474 g/mol. The van der Waals surface area contributed by atoms with E-state index in [0.717, 1.165) is 36.8 Å². The molecule has 0 radical (unpaired) electrons. The molecule has 2 amide bonds. The first-order valence-corrected chi connectivity index (χ1v) is 12.2. The van der Waals surface area contributed by atoms with E-state index in [1.165, 1.54) is 6.42 Å². The Kier molecular flexibility index (Phi) is 9.01. The highest BCUT2D eigenvalue weighted by molar-refractivity contribution is 6.36. The zero-order chi connectivity index (χ0) is 23.1. The van der Waals surface area contributed by atoms with Gasteiger partial charge in [-0.05, 0) is 43.9 Å². The lowest BCUT2D eigenvalue weighted by Gasteiger charge is -2.33. The number of hydrogen-bond donors (Lipinski definition) is 1. The molecule has 32 heavy (non-hydrogen) atoms. The number of carbonyl (C=O) groups is 2. The van der Waals surface area contributed by atoms with Gasteiger partial charge >= 0.3 is 0 Å². The fourth-order valence-electron chi connectivity index (χ4n) is 4.42. The fourth-order valence-corrected chi connectivity index (χ4v) is 4.93. The maximum absolute atomic E-state index is 13.5. The Labute approximate surface area is 201 Å². The SMILES string of the molecule is CCC(C(=O)NC1CCCCC1)N(Cc1c(Cl)cccc1Cl)C(=O)Cc1cccc(C)c1. The molecule has 0 bridgehead atoms. The molecule has 0 aromatic heterocycles. The van der Waals surface area contributed by atoms with Crippen molar-refractivity contribution in [3.8, 4) is 0 Å². The summed E-state index contributed by atoms with van der Waals surface area (Å²) in [6.07, 6.45) is 6.21. The van der Waals surface area contributed by atoms with Crippen LogP contribution in [0.1, 0.15) is 62.1 Å². The van der Waals surface area contributed by atoms with Crippen molar-refractivity contribution in [1.29, 1.82) is 0 Å².